The van der Waals surface area contributed by atoms with Crippen LogP contribution in [0.25, 0.3) is 5.69 Å². The van der Waals surface area contributed by atoms with Crippen LogP contribution in [-0.4, -0.2) is 58.0 Å². The summed E-state index contributed by atoms with van der Waals surface area (Å²) in [6.45, 7) is 2.43. The van der Waals surface area contributed by atoms with E-state index in [9.17, 15) is 9.90 Å². The number of amides is 1. The number of aromatic nitrogens is 2. The number of benzene rings is 1. The second-order valence-corrected chi connectivity index (χ2v) is 6.26. The molecule has 0 saturated carbocycles. The first-order valence-electron chi connectivity index (χ1n) is 8.47. The minimum absolute atomic E-state index is 0.0135. The number of carbonyl (C=O) groups is 1. The summed E-state index contributed by atoms with van der Waals surface area (Å²) in [6.07, 6.45) is 6.07. The van der Waals surface area contributed by atoms with Gasteiger partial charge in [-0.15, -0.1) is 0 Å². The average molecular weight is 328 g/mol. The van der Waals surface area contributed by atoms with Gasteiger partial charge in [-0.2, -0.15) is 5.10 Å². The van der Waals surface area contributed by atoms with Crippen molar-refractivity contribution in [1.82, 2.24) is 20.0 Å². The van der Waals surface area contributed by atoms with E-state index in [1.54, 1.807) is 0 Å². The molecule has 1 unspecified atom stereocenters. The predicted molar refractivity (Wildman–Crippen MR) is 92.0 cm³/mol. The molecule has 1 fully saturated rings. The first kappa shape index (κ1) is 16.7. The molecule has 1 atom stereocenters. The Hall–Kier alpha value is -2.18. The highest BCUT2D eigenvalue weighted by atomic mass is 16.3. The van der Waals surface area contributed by atoms with Crippen LogP contribution < -0.4 is 5.32 Å². The fourth-order valence-electron chi connectivity index (χ4n) is 2.99. The monoisotopic (exact) mass is 328 g/mol. The minimum atomic E-state index is -0.296. The van der Waals surface area contributed by atoms with Crippen LogP contribution in [0.5, 0.6) is 0 Å². The Kier molecular flexibility index (Phi) is 5.61. The number of aliphatic hydroxyl groups excluding tert-OH is 1. The quantitative estimate of drug-likeness (QED) is 0.830. The molecule has 0 aliphatic carbocycles. The van der Waals surface area contributed by atoms with E-state index in [1.165, 1.54) is 0 Å². The first-order valence-corrected chi connectivity index (χ1v) is 8.47. The number of β-amino-alcohol motifs (C(OH)–C–C–N with tert-alkyl or cyclic N) is 1. The van der Waals surface area contributed by atoms with Gasteiger partial charge in [0.25, 0.3) is 0 Å². The van der Waals surface area contributed by atoms with Gasteiger partial charge < -0.3 is 10.4 Å². The van der Waals surface area contributed by atoms with E-state index in [0.717, 1.165) is 37.1 Å². The lowest BCUT2D eigenvalue weighted by Crippen LogP contribution is -2.44. The van der Waals surface area contributed by atoms with Crippen molar-refractivity contribution in [2.75, 3.05) is 26.2 Å². The Labute approximate surface area is 142 Å². The van der Waals surface area contributed by atoms with Crippen molar-refractivity contribution in [3.63, 3.8) is 0 Å². The Bertz CT molecular complexity index is 656. The summed E-state index contributed by atoms with van der Waals surface area (Å²) in [7, 11) is 0. The third-order valence-electron chi connectivity index (χ3n) is 4.24. The second kappa shape index (κ2) is 8.08. The molecule has 0 spiro atoms. The number of carbonyl (C=O) groups excluding carboxylic acids is 1. The van der Waals surface area contributed by atoms with Crippen LogP contribution >= 0.6 is 0 Å². The van der Waals surface area contributed by atoms with Crippen LogP contribution in [0.15, 0.2) is 42.7 Å². The molecule has 0 radical (unpaired) electrons. The summed E-state index contributed by atoms with van der Waals surface area (Å²) >= 11 is 0. The van der Waals surface area contributed by atoms with Crippen molar-refractivity contribution < 1.29 is 9.90 Å². The largest absolute Gasteiger partial charge is 0.392 e. The number of nitrogens with one attached hydrogen (secondary N) is 1. The highest BCUT2D eigenvalue weighted by Crippen LogP contribution is 2.09. The zero-order chi connectivity index (χ0) is 16.8. The van der Waals surface area contributed by atoms with Crippen LogP contribution in [0.3, 0.4) is 0 Å². The molecule has 2 N–H and O–H groups in total. The van der Waals surface area contributed by atoms with Crippen molar-refractivity contribution in [1.29, 1.82) is 0 Å². The number of para-hydroxylation sites is 1. The van der Waals surface area contributed by atoms with E-state index < -0.39 is 0 Å². The normalized spacial score (nSPS) is 18.5. The Balaban J connectivity index is 1.42. The molecule has 1 aliphatic heterocycles. The number of hydrogen-bond acceptors (Lipinski definition) is 4. The molecule has 6 heteroatoms. The fraction of sp³-hybridized carbons (Fsp3) is 0.444. The van der Waals surface area contributed by atoms with Gasteiger partial charge in [0, 0.05) is 19.3 Å². The molecular formula is C18H24N4O2. The summed E-state index contributed by atoms with van der Waals surface area (Å²) in [6, 6.07) is 9.95. The first-order chi connectivity index (χ1) is 11.7. The minimum Gasteiger partial charge on any atom is -0.392 e. The molecular weight excluding hydrogens is 304 g/mol. The molecule has 1 aromatic heterocycles. The van der Waals surface area contributed by atoms with E-state index >= 15 is 0 Å². The lowest BCUT2D eigenvalue weighted by atomic mass is 10.1. The molecule has 1 saturated heterocycles. The highest BCUT2D eigenvalue weighted by Gasteiger charge is 2.19. The van der Waals surface area contributed by atoms with Gasteiger partial charge in [-0.05, 0) is 43.5 Å². The molecule has 6 nitrogen and oxygen atoms in total. The average Bonchev–Trinajstić information content (AvgIpc) is 3.04. The summed E-state index contributed by atoms with van der Waals surface area (Å²) < 4.78 is 1.84. The molecule has 1 aromatic carbocycles. The van der Waals surface area contributed by atoms with Crippen LogP contribution in [0.2, 0.25) is 0 Å². The van der Waals surface area contributed by atoms with Crippen LogP contribution in [-0.2, 0) is 11.2 Å². The number of piperidine rings is 1. The molecule has 0 bridgehead atoms. The van der Waals surface area contributed by atoms with E-state index in [0.29, 0.717) is 19.6 Å². The van der Waals surface area contributed by atoms with Crippen molar-refractivity contribution in [2.45, 2.75) is 25.4 Å². The maximum Gasteiger partial charge on any atom is 0.234 e. The third-order valence-corrected chi connectivity index (χ3v) is 4.24. The smallest absolute Gasteiger partial charge is 0.234 e. The van der Waals surface area contributed by atoms with Crippen molar-refractivity contribution in [3.8, 4) is 5.69 Å². The van der Waals surface area contributed by atoms with Crippen molar-refractivity contribution in [3.05, 3.63) is 48.3 Å². The Morgan fingerprint density at radius 3 is 2.96 bits per heavy atom. The van der Waals surface area contributed by atoms with Gasteiger partial charge in [0.2, 0.25) is 5.91 Å². The summed E-state index contributed by atoms with van der Waals surface area (Å²) in [5.74, 6) is 0.0135. The predicted octanol–water partition coefficient (Wildman–Crippen LogP) is 0.988. The van der Waals surface area contributed by atoms with Crippen molar-refractivity contribution >= 4 is 5.91 Å². The van der Waals surface area contributed by atoms with E-state index in [4.69, 9.17) is 0 Å². The number of rotatable bonds is 6. The molecule has 1 aliphatic rings. The van der Waals surface area contributed by atoms with E-state index in [-0.39, 0.29) is 12.0 Å². The Morgan fingerprint density at radius 1 is 1.33 bits per heavy atom. The van der Waals surface area contributed by atoms with Crippen LogP contribution in [0.1, 0.15) is 18.4 Å². The molecule has 128 valence electrons. The van der Waals surface area contributed by atoms with Crippen LogP contribution in [0.4, 0.5) is 0 Å². The molecule has 1 amide bonds. The zero-order valence-corrected chi connectivity index (χ0v) is 13.8. The maximum absolute atomic E-state index is 12.0. The zero-order valence-electron chi connectivity index (χ0n) is 13.8. The lowest BCUT2D eigenvalue weighted by molar-refractivity contribution is -0.122. The number of aliphatic hydroxyl groups is 1. The Morgan fingerprint density at radius 2 is 2.17 bits per heavy atom. The standard InChI is InChI=1S/C18H24N4O2/c23-17-7-4-10-21(13-17)14-18(24)19-9-8-15-11-20-22(12-15)16-5-2-1-3-6-16/h1-3,5-6,11-12,17,23H,4,7-10,13-14H2,(H,19,24). The lowest BCUT2D eigenvalue weighted by Gasteiger charge is -2.29. The van der Waals surface area contributed by atoms with Gasteiger partial charge in [-0.3, -0.25) is 9.69 Å². The highest BCUT2D eigenvalue weighted by molar-refractivity contribution is 5.78. The SMILES string of the molecule is O=C(CN1CCCC(O)C1)NCCc1cnn(-c2ccccc2)c1. The number of likely N-dealkylation sites (tertiary alicyclic amines) is 1. The van der Waals surface area contributed by atoms with Gasteiger partial charge in [-0.25, -0.2) is 4.68 Å². The van der Waals surface area contributed by atoms with Gasteiger partial charge >= 0.3 is 0 Å². The number of hydrogen-bond donors (Lipinski definition) is 2. The van der Waals surface area contributed by atoms with Crippen LogP contribution in [0, 0.1) is 0 Å². The number of nitrogens with zero attached hydrogens (tertiary/aromatic N) is 3. The molecule has 2 heterocycles. The maximum atomic E-state index is 12.0. The second-order valence-electron chi connectivity index (χ2n) is 6.26. The summed E-state index contributed by atoms with van der Waals surface area (Å²) in [5.41, 5.74) is 2.11. The van der Waals surface area contributed by atoms with Gasteiger partial charge in [0.15, 0.2) is 0 Å². The molecule has 24 heavy (non-hydrogen) atoms. The third kappa shape index (κ3) is 4.66. The molecule has 2 aromatic rings. The van der Waals surface area contributed by atoms with Gasteiger partial charge in [0.05, 0.1) is 24.5 Å². The van der Waals surface area contributed by atoms with Gasteiger partial charge in [-0.1, -0.05) is 18.2 Å². The fourth-order valence-corrected chi connectivity index (χ4v) is 2.99. The van der Waals surface area contributed by atoms with E-state index in [2.05, 4.69) is 10.4 Å². The van der Waals surface area contributed by atoms with Gasteiger partial charge in [0.1, 0.15) is 0 Å². The molecule has 3 rings (SSSR count). The van der Waals surface area contributed by atoms with Crippen molar-refractivity contribution in [2.24, 2.45) is 0 Å². The summed E-state index contributed by atoms with van der Waals surface area (Å²) in [4.78, 5) is 14.0. The summed E-state index contributed by atoms with van der Waals surface area (Å²) in [5, 5.41) is 16.9. The van der Waals surface area contributed by atoms with E-state index in [1.807, 2.05) is 52.3 Å². The topological polar surface area (TPSA) is 70.4 Å².